The van der Waals surface area contributed by atoms with Crippen LogP contribution in [-0.2, 0) is 16.4 Å². The molecule has 0 atom stereocenters. The molecule has 0 bridgehead atoms. The van der Waals surface area contributed by atoms with Gasteiger partial charge in [-0.15, -0.1) is 11.3 Å². The van der Waals surface area contributed by atoms with Gasteiger partial charge >= 0.3 is 0 Å². The Kier molecular flexibility index (Phi) is 4.84. The molecule has 0 saturated carbocycles. The third-order valence-corrected chi connectivity index (χ3v) is 6.70. The second-order valence-electron chi connectivity index (χ2n) is 6.21. The zero-order valence-corrected chi connectivity index (χ0v) is 16.7. The summed E-state index contributed by atoms with van der Waals surface area (Å²) in [6.45, 7) is 0.0767. The molecule has 29 heavy (non-hydrogen) atoms. The Morgan fingerprint density at radius 3 is 2.66 bits per heavy atom. The molecule has 0 aliphatic rings. The number of thiazole rings is 1. The van der Waals surface area contributed by atoms with Crippen LogP contribution >= 0.6 is 11.3 Å². The molecule has 0 unspecified atom stereocenters. The normalized spacial score (nSPS) is 11.7. The molecule has 1 aromatic carbocycles. The van der Waals surface area contributed by atoms with E-state index in [1.54, 1.807) is 34.6 Å². The first-order valence-electron chi connectivity index (χ1n) is 8.33. The topological polar surface area (TPSA) is 107 Å². The summed E-state index contributed by atoms with van der Waals surface area (Å²) < 4.78 is 37.8. The Labute approximate surface area is 169 Å². The van der Waals surface area contributed by atoms with Crippen molar-refractivity contribution in [3.05, 3.63) is 65.3 Å². The molecule has 0 radical (unpaired) electrons. The first kappa shape index (κ1) is 19.2. The third kappa shape index (κ3) is 3.87. The van der Waals surface area contributed by atoms with Crippen LogP contribution in [0.5, 0.6) is 0 Å². The fourth-order valence-electron chi connectivity index (χ4n) is 2.72. The zero-order chi connectivity index (χ0) is 20.6. The van der Waals surface area contributed by atoms with E-state index in [0.717, 1.165) is 17.6 Å². The predicted octanol–water partition coefficient (Wildman–Crippen LogP) is 2.35. The molecule has 148 valence electrons. The second kappa shape index (κ2) is 7.33. The molecule has 4 aromatic rings. The van der Waals surface area contributed by atoms with Crippen LogP contribution in [0.2, 0.25) is 0 Å². The van der Waals surface area contributed by atoms with Gasteiger partial charge in [0.05, 0.1) is 41.4 Å². The van der Waals surface area contributed by atoms with Crippen LogP contribution in [0.15, 0.2) is 52.6 Å². The zero-order valence-electron chi connectivity index (χ0n) is 15.0. The van der Waals surface area contributed by atoms with E-state index in [4.69, 9.17) is 0 Å². The lowest BCUT2D eigenvalue weighted by atomic mass is 10.2. The number of nitrogens with one attached hydrogen (secondary N) is 1. The summed E-state index contributed by atoms with van der Waals surface area (Å²) in [5.74, 6) is -0.750. The number of halogens is 1. The minimum Gasteiger partial charge on any atom is -0.346 e. The summed E-state index contributed by atoms with van der Waals surface area (Å²) in [5, 5.41) is 9.16. The molecule has 4 rings (SSSR count). The Morgan fingerprint density at radius 1 is 1.21 bits per heavy atom. The van der Waals surface area contributed by atoms with Crippen molar-refractivity contribution in [2.24, 2.45) is 0 Å². The van der Waals surface area contributed by atoms with E-state index in [2.05, 4.69) is 20.4 Å². The van der Waals surface area contributed by atoms with Crippen LogP contribution in [0.1, 0.15) is 16.1 Å². The van der Waals surface area contributed by atoms with Gasteiger partial charge in [-0.3, -0.25) is 9.78 Å². The van der Waals surface area contributed by atoms with Crippen molar-refractivity contribution in [1.29, 1.82) is 0 Å². The molecule has 3 heterocycles. The number of hydrogen-bond acceptors (Lipinski definition) is 7. The first-order valence-corrected chi connectivity index (χ1v) is 11.1. The smallest absolute Gasteiger partial charge is 0.253 e. The molecule has 0 spiro atoms. The molecule has 0 saturated heterocycles. The van der Waals surface area contributed by atoms with Crippen LogP contribution < -0.4 is 5.32 Å². The van der Waals surface area contributed by atoms with Crippen molar-refractivity contribution < 1.29 is 17.6 Å². The van der Waals surface area contributed by atoms with E-state index in [1.165, 1.54) is 18.3 Å². The lowest BCUT2D eigenvalue weighted by Crippen LogP contribution is -2.23. The summed E-state index contributed by atoms with van der Waals surface area (Å²) in [6.07, 6.45) is 5.62. The number of nitrogens with zero attached hydrogens (tertiary/aromatic N) is 4. The Hall–Kier alpha value is -3.18. The van der Waals surface area contributed by atoms with Crippen LogP contribution in [0.4, 0.5) is 4.39 Å². The maximum atomic E-state index is 13.2. The summed E-state index contributed by atoms with van der Waals surface area (Å²) in [7, 11) is -3.38. The number of carbonyl (C=O) groups excluding carboxylic acids is 1. The van der Waals surface area contributed by atoms with Crippen molar-refractivity contribution in [3.63, 3.8) is 0 Å². The van der Waals surface area contributed by atoms with Crippen LogP contribution in [0, 0.1) is 5.82 Å². The van der Waals surface area contributed by atoms with Gasteiger partial charge in [-0.05, 0) is 24.3 Å². The number of carbonyl (C=O) groups is 1. The number of sulfone groups is 1. The Bertz CT molecular complexity index is 1310. The van der Waals surface area contributed by atoms with Crippen molar-refractivity contribution in [3.8, 4) is 5.69 Å². The fourth-order valence-corrected chi connectivity index (χ4v) is 4.39. The van der Waals surface area contributed by atoms with E-state index in [-0.39, 0.29) is 16.7 Å². The average Bonchev–Trinajstić information content (AvgIpc) is 3.33. The average molecular weight is 431 g/mol. The minimum atomic E-state index is -3.38. The van der Waals surface area contributed by atoms with Gasteiger partial charge in [-0.1, -0.05) is 0 Å². The van der Waals surface area contributed by atoms with Crippen molar-refractivity contribution in [1.82, 2.24) is 25.1 Å². The molecule has 8 nitrogen and oxygen atoms in total. The van der Waals surface area contributed by atoms with Gasteiger partial charge in [0, 0.05) is 23.2 Å². The van der Waals surface area contributed by atoms with Gasteiger partial charge in [-0.25, -0.2) is 22.5 Å². The van der Waals surface area contributed by atoms with Gasteiger partial charge < -0.3 is 5.32 Å². The van der Waals surface area contributed by atoms with Crippen LogP contribution in [0.3, 0.4) is 0 Å². The highest BCUT2D eigenvalue weighted by Gasteiger charge is 2.16. The Balaban J connectivity index is 1.58. The number of fused-ring (bicyclic) bond motifs is 1. The molecule has 11 heteroatoms. The Morgan fingerprint density at radius 2 is 1.97 bits per heavy atom. The summed E-state index contributed by atoms with van der Waals surface area (Å²) in [5.41, 5.74) is 1.99. The van der Waals surface area contributed by atoms with Gasteiger partial charge in [0.1, 0.15) is 5.82 Å². The SMILES string of the molecule is CS(=O)(=O)c1nc(CNC(=O)c2cncc3c2cnn3-c2ccc(F)cc2)cs1. The van der Waals surface area contributed by atoms with Gasteiger partial charge in [0.25, 0.3) is 5.91 Å². The van der Waals surface area contributed by atoms with Crippen LogP contribution in [0.25, 0.3) is 16.6 Å². The number of amides is 1. The summed E-state index contributed by atoms with van der Waals surface area (Å²) in [6, 6.07) is 5.81. The summed E-state index contributed by atoms with van der Waals surface area (Å²) >= 11 is 1.01. The maximum Gasteiger partial charge on any atom is 0.253 e. The molecule has 0 fully saturated rings. The fraction of sp³-hybridized carbons (Fsp3) is 0.111. The standard InChI is InChI=1S/C18H14FN5O3S2/c1-29(26,27)18-23-12(10-28-18)6-21-17(25)15-7-20-9-16-14(15)8-22-24(16)13-4-2-11(19)3-5-13/h2-5,7-10H,6H2,1H3,(H,21,25). The van der Waals surface area contributed by atoms with Crippen LogP contribution in [-0.4, -0.2) is 40.3 Å². The monoisotopic (exact) mass is 431 g/mol. The van der Waals surface area contributed by atoms with Crippen molar-refractivity contribution >= 4 is 38.0 Å². The van der Waals surface area contributed by atoms with E-state index in [1.807, 2.05) is 0 Å². The quantitative estimate of drug-likeness (QED) is 0.520. The second-order valence-corrected chi connectivity index (χ2v) is 9.26. The molecular formula is C18H14FN5O3S2. The van der Waals surface area contributed by atoms with Crippen molar-refractivity contribution in [2.75, 3.05) is 6.26 Å². The highest BCUT2D eigenvalue weighted by molar-refractivity contribution is 7.92. The van der Waals surface area contributed by atoms with E-state index in [0.29, 0.717) is 27.8 Å². The minimum absolute atomic E-state index is 0.00564. The number of aromatic nitrogens is 4. The number of hydrogen-bond donors (Lipinski definition) is 1. The van der Waals surface area contributed by atoms with E-state index in [9.17, 15) is 17.6 Å². The highest BCUT2D eigenvalue weighted by Crippen LogP contribution is 2.21. The first-order chi connectivity index (χ1) is 13.8. The molecule has 0 aliphatic heterocycles. The molecule has 1 N–H and O–H groups in total. The van der Waals surface area contributed by atoms with Gasteiger partial charge in [0.2, 0.25) is 14.2 Å². The number of pyridine rings is 1. The van der Waals surface area contributed by atoms with Gasteiger partial charge in [0.15, 0.2) is 0 Å². The van der Waals surface area contributed by atoms with Gasteiger partial charge in [-0.2, -0.15) is 5.10 Å². The number of benzene rings is 1. The van der Waals surface area contributed by atoms with Crippen molar-refractivity contribution in [2.45, 2.75) is 10.9 Å². The molecule has 1 amide bonds. The maximum absolute atomic E-state index is 13.2. The van der Waals surface area contributed by atoms with E-state index >= 15 is 0 Å². The summed E-state index contributed by atoms with van der Waals surface area (Å²) in [4.78, 5) is 20.8. The largest absolute Gasteiger partial charge is 0.346 e. The predicted molar refractivity (Wildman–Crippen MR) is 105 cm³/mol. The lowest BCUT2D eigenvalue weighted by molar-refractivity contribution is 0.0951. The molecular weight excluding hydrogens is 417 g/mol. The lowest BCUT2D eigenvalue weighted by Gasteiger charge is -2.06. The molecule has 0 aliphatic carbocycles. The third-order valence-electron chi connectivity index (χ3n) is 4.09. The highest BCUT2D eigenvalue weighted by atomic mass is 32.2. The van der Waals surface area contributed by atoms with E-state index < -0.39 is 15.7 Å². The number of rotatable bonds is 5. The molecule has 3 aromatic heterocycles.